The number of hydrogen-bond donors (Lipinski definition) is 1. The van der Waals surface area contributed by atoms with E-state index in [1.54, 1.807) is 32.2 Å². The molecule has 0 radical (unpaired) electrons. The van der Waals surface area contributed by atoms with Gasteiger partial charge in [0.1, 0.15) is 4.90 Å². The fraction of sp³-hybridized carbons (Fsp3) is 0.231. The standard InChI is InChI=1S/C13H15N3O4S/c1-9-12(8-14-16(9)2)21(18,19)15-11-6-4-5-10(7-11)13(17)20-3/h4-8,15H,1-3H3. The van der Waals surface area contributed by atoms with Crippen LogP contribution in [0, 0.1) is 6.92 Å². The number of nitrogens with one attached hydrogen (secondary N) is 1. The van der Waals surface area contributed by atoms with Gasteiger partial charge in [-0.1, -0.05) is 6.07 Å². The van der Waals surface area contributed by atoms with Crippen molar-refractivity contribution in [3.05, 3.63) is 41.7 Å². The number of esters is 1. The second kappa shape index (κ2) is 5.57. The van der Waals surface area contributed by atoms with Gasteiger partial charge in [0.2, 0.25) is 0 Å². The number of anilines is 1. The number of hydrogen-bond acceptors (Lipinski definition) is 5. The van der Waals surface area contributed by atoms with Crippen LogP contribution in [0.3, 0.4) is 0 Å². The molecule has 1 N–H and O–H groups in total. The Balaban J connectivity index is 2.33. The predicted octanol–water partition coefficient (Wildman–Crippen LogP) is 1.32. The number of sulfonamides is 1. The Kier molecular flexibility index (Phi) is 3.99. The molecule has 0 saturated heterocycles. The van der Waals surface area contributed by atoms with Gasteiger partial charge in [-0.2, -0.15) is 5.10 Å². The zero-order valence-corrected chi connectivity index (χ0v) is 12.6. The van der Waals surface area contributed by atoms with Gasteiger partial charge < -0.3 is 4.74 Å². The predicted molar refractivity (Wildman–Crippen MR) is 76.5 cm³/mol. The normalized spacial score (nSPS) is 11.2. The maximum atomic E-state index is 12.3. The molecule has 2 aromatic rings. The third kappa shape index (κ3) is 3.05. The van der Waals surface area contributed by atoms with Crippen LogP contribution in [0.15, 0.2) is 35.4 Å². The zero-order chi connectivity index (χ0) is 15.6. The van der Waals surface area contributed by atoms with Crippen molar-refractivity contribution in [2.24, 2.45) is 7.05 Å². The third-order valence-electron chi connectivity index (χ3n) is 3.02. The van der Waals surface area contributed by atoms with Crippen LogP contribution < -0.4 is 4.72 Å². The Morgan fingerprint density at radius 3 is 2.67 bits per heavy atom. The summed E-state index contributed by atoms with van der Waals surface area (Å²) in [7, 11) is -0.837. The maximum absolute atomic E-state index is 12.3. The van der Waals surface area contributed by atoms with E-state index in [2.05, 4.69) is 14.6 Å². The summed E-state index contributed by atoms with van der Waals surface area (Å²) in [5.74, 6) is -0.534. The van der Waals surface area contributed by atoms with Gasteiger partial charge in [-0.3, -0.25) is 9.40 Å². The average molecular weight is 309 g/mol. The lowest BCUT2D eigenvalue weighted by Crippen LogP contribution is -2.14. The molecule has 0 atom stereocenters. The lowest BCUT2D eigenvalue weighted by Gasteiger charge is -2.08. The van der Waals surface area contributed by atoms with E-state index in [-0.39, 0.29) is 16.1 Å². The maximum Gasteiger partial charge on any atom is 0.337 e. The van der Waals surface area contributed by atoms with Crippen LogP contribution in [0.25, 0.3) is 0 Å². The first kappa shape index (κ1) is 15.0. The van der Waals surface area contributed by atoms with Gasteiger partial charge >= 0.3 is 5.97 Å². The van der Waals surface area contributed by atoms with E-state index in [0.717, 1.165) is 0 Å². The lowest BCUT2D eigenvalue weighted by molar-refractivity contribution is 0.0601. The van der Waals surface area contributed by atoms with Crippen molar-refractivity contribution in [2.45, 2.75) is 11.8 Å². The van der Waals surface area contributed by atoms with Gasteiger partial charge in [0, 0.05) is 12.7 Å². The fourth-order valence-corrected chi connectivity index (χ4v) is 3.03. The summed E-state index contributed by atoms with van der Waals surface area (Å²) in [5, 5.41) is 3.91. The minimum atomic E-state index is -3.76. The topological polar surface area (TPSA) is 90.3 Å². The summed E-state index contributed by atoms with van der Waals surface area (Å²) in [4.78, 5) is 11.5. The Bertz CT molecular complexity index is 780. The van der Waals surface area contributed by atoms with E-state index in [1.165, 1.54) is 24.1 Å². The molecule has 0 amide bonds. The third-order valence-corrected chi connectivity index (χ3v) is 4.50. The lowest BCUT2D eigenvalue weighted by atomic mass is 10.2. The molecule has 0 aliphatic carbocycles. The van der Waals surface area contributed by atoms with E-state index >= 15 is 0 Å². The summed E-state index contributed by atoms with van der Waals surface area (Å²) in [6.45, 7) is 1.66. The van der Waals surface area contributed by atoms with Crippen molar-refractivity contribution in [1.29, 1.82) is 0 Å². The Morgan fingerprint density at radius 1 is 1.38 bits per heavy atom. The van der Waals surface area contributed by atoms with Crippen molar-refractivity contribution in [2.75, 3.05) is 11.8 Å². The van der Waals surface area contributed by atoms with Crippen molar-refractivity contribution < 1.29 is 17.9 Å². The number of carbonyl (C=O) groups is 1. The highest BCUT2D eigenvalue weighted by Gasteiger charge is 2.20. The van der Waals surface area contributed by atoms with Crippen LogP contribution in [-0.4, -0.2) is 31.3 Å². The number of nitrogens with zero attached hydrogens (tertiary/aromatic N) is 2. The minimum absolute atomic E-state index is 0.0912. The molecule has 1 heterocycles. The molecule has 0 unspecified atom stereocenters. The van der Waals surface area contributed by atoms with Crippen LogP contribution in [0.4, 0.5) is 5.69 Å². The van der Waals surface area contributed by atoms with Gasteiger partial charge in [0.15, 0.2) is 0 Å². The Labute approximate surface area is 122 Å². The average Bonchev–Trinajstić information content (AvgIpc) is 2.78. The SMILES string of the molecule is COC(=O)c1cccc(NS(=O)(=O)c2cnn(C)c2C)c1. The van der Waals surface area contributed by atoms with Crippen LogP contribution in [0.1, 0.15) is 16.1 Å². The van der Waals surface area contributed by atoms with E-state index < -0.39 is 16.0 Å². The highest BCUT2D eigenvalue weighted by molar-refractivity contribution is 7.92. The van der Waals surface area contributed by atoms with Crippen molar-refractivity contribution in [3.8, 4) is 0 Å². The summed E-state index contributed by atoms with van der Waals surface area (Å²) in [6.07, 6.45) is 1.28. The second-order valence-corrected chi connectivity index (χ2v) is 6.05. The number of aryl methyl sites for hydroxylation is 1. The molecular weight excluding hydrogens is 294 g/mol. The largest absolute Gasteiger partial charge is 0.465 e. The molecule has 0 fully saturated rings. The van der Waals surface area contributed by atoms with Crippen LogP contribution in [0.2, 0.25) is 0 Å². The van der Waals surface area contributed by atoms with Gasteiger partial charge in [-0.15, -0.1) is 0 Å². The Hall–Kier alpha value is -2.35. The monoisotopic (exact) mass is 309 g/mol. The summed E-state index contributed by atoms with van der Waals surface area (Å²) < 4.78 is 33.1. The Morgan fingerprint density at radius 2 is 2.10 bits per heavy atom. The minimum Gasteiger partial charge on any atom is -0.465 e. The molecule has 8 heteroatoms. The van der Waals surface area contributed by atoms with Gasteiger partial charge in [0.25, 0.3) is 10.0 Å². The molecular formula is C13H15N3O4S. The molecule has 21 heavy (non-hydrogen) atoms. The zero-order valence-electron chi connectivity index (χ0n) is 11.8. The molecule has 7 nitrogen and oxygen atoms in total. The van der Waals surface area contributed by atoms with Crippen molar-refractivity contribution >= 4 is 21.7 Å². The first-order valence-electron chi connectivity index (χ1n) is 6.05. The molecule has 0 aliphatic heterocycles. The van der Waals surface area contributed by atoms with E-state index in [0.29, 0.717) is 5.69 Å². The summed E-state index contributed by atoms with van der Waals surface area (Å²) in [6, 6.07) is 6.07. The number of methoxy groups -OCH3 is 1. The summed E-state index contributed by atoms with van der Waals surface area (Å²) in [5.41, 5.74) is 1.06. The van der Waals surface area contributed by atoms with Crippen molar-refractivity contribution in [3.63, 3.8) is 0 Å². The number of benzene rings is 1. The van der Waals surface area contributed by atoms with E-state index in [4.69, 9.17) is 0 Å². The van der Waals surface area contributed by atoms with Gasteiger partial charge in [-0.25, -0.2) is 13.2 Å². The van der Waals surface area contributed by atoms with Crippen LogP contribution >= 0.6 is 0 Å². The van der Waals surface area contributed by atoms with Crippen LogP contribution in [0.5, 0.6) is 0 Å². The van der Waals surface area contributed by atoms with Gasteiger partial charge in [0.05, 0.1) is 24.6 Å². The molecule has 0 bridgehead atoms. The summed E-state index contributed by atoms with van der Waals surface area (Å²) >= 11 is 0. The highest BCUT2D eigenvalue weighted by atomic mass is 32.2. The van der Waals surface area contributed by atoms with E-state index in [1.807, 2.05) is 0 Å². The molecule has 1 aromatic heterocycles. The van der Waals surface area contributed by atoms with E-state index in [9.17, 15) is 13.2 Å². The molecule has 0 spiro atoms. The molecule has 1 aromatic carbocycles. The van der Waals surface area contributed by atoms with Crippen molar-refractivity contribution in [1.82, 2.24) is 9.78 Å². The number of carbonyl (C=O) groups excluding carboxylic acids is 1. The highest BCUT2D eigenvalue weighted by Crippen LogP contribution is 2.19. The first-order valence-corrected chi connectivity index (χ1v) is 7.53. The molecule has 112 valence electrons. The quantitative estimate of drug-likeness (QED) is 0.860. The number of ether oxygens (including phenoxy) is 1. The molecule has 2 rings (SSSR count). The first-order chi connectivity index (χ1) is 9.85. The fourth-order valence-electron chi connectivity index (χ4n) is 1.78. The number of rotatable bonds is 4. The molecule has 0 saturated carbocycles. The van der Waals surface area contributed by atoms with Crippen LogP contribution in [-0.2, 0) is 21.8 Å². The van der Waals surface area contributed by atoms with Gasteiger partial charge in [-0.05, 0) is 25.1 Å². The number of aromatic nitrogens is 2. The second-order valence-electron chi connectivity index (χ2n) is 4.40. The molecule has 0 aliphatic rings. The smallest absolute Gasteiger partial charge is 0.337 e.